The Morgan fingerprint density at radius 1 is 1.04 bits per heavy atom. The van der Waals surface area contributed by atoms with E-state index in [-0.39, 0.29) is 18.0 Å². The van der Waals surface area contributed by atoms with Crippen molar-refractivity contribution < 1.29 is 0 Å². The SMILES string of the molecule is CC(C)n1cnc2c(NCC(C)n3cnc4cncnc43)nc(N)nc21. The fourth-order valence-electron chi connectivity index (χ4n) is 2.88. The molecule has 0 fully saturated rings. The van der Waals surface area contributed by atoms with Gasteiger partial charge in [-0.05, 0) is 20.8 Å². The zero-order chi connectivity index (χ0) is 18.3. The number of aromatic nitrogens is 8. The third-order valence-electron chi connectivity index (χ3n) is 4.27. The number of nitrogen functional groups attached to an aromatic ring is 1. The van der Waals surface area contributed by atoms with Crippen molar-refractivity contribution in [3.05, 3.63) is 25.2 Å². The lowest BCUT2D eigenvalue weighted by molar-refractivity contribution is 0.584. The van der Waals surface area contributed by atoms with Gasteiger partial charge in [0.2, 0.25) is 5.95 Å². The van der Waals surface area contributed by atoms with E-state index in [9.17, 15) is 0 Å². The van der Waals surface area contributed by atoms with Gasteiger partial charge in [0.1, 0.15) is 11.8 Å². The Morgan fingerprint density at radius 2 is 1.85 bits per heavy atom. The Labute approximate surface area is 149 Å². The molecule has 1 unspecified atom stereocenters. The largest absolute Gasteiger partial charge is 0.368 e. The highest BCUT2D eigenvalue weighted by Crippen LogP contribution is 2.23. The summed E-state index contributed by atoms with van der Waals surface area (Å²) in [6.45, 7) is 6.82. The van der Waals surface area contributed by atoms with Crippen molar-refractivity contribution in [3.63, 3.8) is 0 Å². The third kappa shape index (κ3) is 2.68. The first kappa shape index (κ1) is 16.2. The van der Waals surface area contributed by atoms with Crippen LogP contribution >= 0.6 is 0 Å². The molecule has 0 saturated carbocycles. The maximum Gasteiger partial charge on any atom is 0.224 e. The summed E-state index contributed by atoms with van der Waals surface area (Å²) in [4.78, 5) is 25.7. The maximum absolute atomic E-state index is 5.89. The van der Waals surface area contributed by atoms with E-state index >= 15 is 0 Å². The number of hydrogen-bond acceptors (Lipinski definition) is 8. The average Bonchev–Trinajstić information content (AvgIpc) is 3.23. The summed E-state index contributed by atoms with van der Waals surface area (Å²) in [5.74, 6) is 0.841. The molecule has 4 heterocycles. The normalized spacial score (nSPS) is 12.9. The predicted molar refractivity (Wildman–Crippen MR) is 98.6 cm³/mol. The van der Waals surface area contributed by atoms with Gasteiger partial charge in [0, 0.05) is 12.6 Å². The van der Waals surface area contributed by atoms with Gasteiger partial charge in [-0.25, -0.2) is 19.9 Å². The zero-order valence-electron chi connectivity index (χ0n) is 14.8. The molecular weight excluding hydrogens is 332 g/mol. The Hall–Kier alpha value is -3.30. The van der Waals surface area contributed by atoms with E-state index in [0.717, 1.165) is 16.8 Å². The quantitative estimate of drug-likeness (QED) is 0.557. The molecule has 10 nitrogen and oxygen atoms in total. The molecule has 134 valence electrons. The van der Waals surface area contributed by atoms with Crippen molar-refractivity contribution in [3.8, 4) is 0 Å². The second-order valence-corrected chi connectivity index (χ2v) is 6.46. The summed E-state index contributed by atoms with van der Waals surface area (Å²) in [6, 6.07) is 0.325. The van der Waals surface area contributed by atoms with Gasteiger partial charge in [-0.1, -0.05) is 0 Å². The zero-order valence-corrected chi connectivity index (χ0v) is 14.8. The minimum atomic E-state index is 0.0910. The average molecular weight is 352 g/mol. The van der Waals surface area contributed by atoms with Gasteiger partial charge < -0.3 is 20.2 Å². The third-order valence-corrected chi connectivity index (χ3v) is 4.27. The van der Waals surface area contributed by atoms with Gasteiger partial charge in [0.25, 0.3) is 0 Å². The van der Waals surface area contributed by atoms with Crippen LogP contribution in [-0.2, 0) is 0 Å². The van der Waals surface area contributed by atoms with Crippen molar-refractivity contribution >= 4 is 34.1 Å². The van der Waals surface area contributed by atoms with Gasteiger partial charge in [0.15, 0.2) is 22.6 Å². The molecule has 0 bridgehead atoms. The lowest BCUT2D eigenvalue weighted by atomic mass is 10.3. The summed E-state index contributed by atoms with van der Waals surface area (Å²) in [5.41, 5.74) is 8.89. The van der Waals surface area contributed by atoms with Crippen LogP contribution in [-0.4, -0.2) is 45.6 Å². The molecule has 26 heavy (non-hydrogen) atoms. The van der Waals surface area contributed by atoms with E-state index in [0.29, 0.717) is 17.9 Å². The number of nitrogens with zero attached hydrogens (tertiary/aromatic N) is 8. The molecule has 1 atom stereocenters. The molecule has 0 aromatic carbocycles. The lowest BCUT2D eigenvalue weighted by Gasteiger charge is -2.15. The highest BCUT2D eigenvalue weighted by molar-refractivity contribution is 5.84. The van der Waals surface area contributed by atoms with Crippen LogP contribution in [0.4, 0.5) is 11.8 Å². The molecule has 4 rings (SSSR count). The first-order valence-electron chi connectivity index (χ1n) is 8.41. The maximum atomic E-state index is 5.89. The molecule has 10 heteroatoms. The van der Waals surface area contributed by atoms with Gasteiger partial charge in [-0.3, -0.25) is 0 Å². The van der Waals surface area contributed by atoms with Crippen molar-refractivity contribution in [2.24, 2.45) is 0 Å². The Bertz CT molecular complexity index is 1060. The minimum Gasteiger partial charge on any atom is -0.368 e. The molecule has 0 aliphatic rings. The van der Waals surface area contributed by atoms with Crippen LogP contribution in [0.1, 0.15) is 32.9 Å². The van der Waals surface area contributed by atoms with Gasteiger partial charge in [0.05, 0.1) is 24.9 Å². The predicted octanol–water partition coefficient (Wildman–Crippen LogP) is 1.80. The Kier molecular flexibility index (Phi) is 3.86. The summed E-state index contributed by atoms with van der Waals surface area (Å²) < 4.78 is 3.97. The molecule has 4 aromatic rings. The number of fused-ring (bicyclic) bond motifs is 2. The smallest absolute Gasteiger partial charge is 0.224 e. The molecule has 0 amide bonds. The van der Waals surface area contributed by atoms with Crippen LogP contribution in [0, 0.1) is 0 Å². The van der Waals surface area contributed by atoms with E-state index in [1.807, 2.05) is 9.13 Å². The van der Waals surface area contributed by atoms with Crippen molar-refractivity contribution in [1.82, 2.24) is 39.0 Å². The van der Waals surface area contributed by atoms with Gasteiger partial charge in [-0.2, -0.15) is 9.97 Å². The molecule has 0 spiro atoms. The van der Waals surface area contributed by atoms with Crippen LogP contribution in [0.5, 0.6) is 0 Å². The second-order valence-electron chi connectivity index (χ2n) is 6.46. The monoisotopic (exact) mass is 352 g/mol. The van der Waals surface area contributed by atoms with Gasteiger partial charge in [-0.15, -0.1) is 0 Å². The highest BCUT2D eigenvalue weighted by atomic mass is 15.2. The molecule has 3 N–H and O–H groups in total. The second kappa shape index (κ2) is 6.21. The van der Waals surface area contributed by atoms with Gasteiger partial charge >= 0.3 is 0 Å². The van der Waals surface area contributed by atoms with Crippen molar-refractivity contribution in [1.29, 1.82) is 0 Å². The topological polar surface area (TPSA) is 125 Å². The molecule has 0 aliphatic heterocycles. The summed E-state index contributed by atoms with van der Waals surface area (Å²) in [6.07, 6.45) is 6.75. The number of rotatable bonds is 5. The summed E-state index contributed by atoms with van der Waals surface area (Å²) in [5, 5.41) is 3.33. The summed E-state index contributed by atoms with van der Waals surface area (Å²) >= 11 is 0. The first-order chi connectivity index (χ1) is 12.5. The van der Waals surface area contributed by atoms with Crippen molar-refractivity contribution in [2.45, 2.75) is 32.9 Å². The van der Waals surface area contributed by atoms with Crippen LogP contribution in [0.15, 0.2) is 25.2 Å². The molecule has 4 aromatic heterocycles. The van der Waals surface area contributed by atoms with Crippen LogP contribution in [0.2, 0.25) is 0 Å². The standard InChI is InChI=1S/C16H20N10/c1-9(2)25-8-22-12-13(23-16(17)24-15(12)25)19-4-10(3)26-7-21-11-5-18-6-20-14(11)26/h5-10H,4H2,1-3H3,(H3,17,19,23,24). The van der Waals surface area contributed by atoms with E-state index in [1.165, 1.54) is 6.33 Å². The fraction of sp³-hybridized carbons (Fsp3) is 0.375. The van der Waals surface area contributed by atoms with E-state index < -0.39 is 0 Å². The van der Waals surface area contributed by atoms with Crippen molar-refractivity contribution in [2.75, 3.05) is 17.6 Å². The fourth-order valence-corrected chi connectivity index (χ4v) is 2.88. The molecule has 0 aliphatic carbocycles. The Morgan fingerprint density at radius 3 is 2.65 bits per heavy atom. The number of hydrogen-bond donors (Lipinski definition) is 2. The van der Waals surface area contributed by atoms with E-state index in [2.05, 4.69) is 56.0 Å². The van der Waals surface area contributed by atoms with Crippen LogP contribution in [0.25, 0.3) is 22.3 Å². The molecule has 0 radical (unpaired) electrons. The molecule has 0 saturated heterocycles. The van der Waals surface area contributed by atoms with E-state index in [4.69, 9.17) is 5.73 Å². The minimum absolute atomic E-state index is 0.0910. The van der Waals surface area contributed by atoms with Crippen LogP contribution in [0.3, 0.4) is 0 Å². The highest BCUT2D eigenvalue weighted by Gasteiger charge is 2.16. The number of nitrogens with two attached hydrogens (primary N) is 1. The molecular formula is C16H20N10. The number of nitrogens with one attached hydrogen (secondary N) is 1. The number of imidazole rings is 2. The van der Waals surface area contributed by atoms with Crippen LogP contribution < -0.4 is 11.1 Å². The lowest BCUT2D eigenvalue weighted by Crippen LogP contribution is -2.17. The first-order valence-corrected chi connectivity index (χ1v) is 8.41. The van der Waals surface area contributed by atoms with E-state index in [1.54, 1.807) is 18.9 Å². The summed E-state index contributed by atoms with van der Waals surface area (Å²) in [7, 11) is 0. The Balaban J connectivity index is 1.61. The number of anilines is 2.